The maximum absolute atomic E-state index is 11.8. The van der Waals surface area contributed by atoms with Gasteiger partial charge >= 0.3 is 18.0 Å². The Bertz CT molecular complexity index is 857. The molecular weight excluding hydrogens is 402 g/mol. The Morgan fingerprint density at radius 3 is 2.03 bits per heavy atom. The lowest BCUT2D eigenvalue weighted by Gasteiger charge is -2.14. The van der Waals surface area contributed by atoms with E-state index in [4.69, 9.17) is 20.3 Å². The second-order valence-corrected chi connectivity index (χ2v) is 6.51. The second-order valence-electron chi connectivity index (χ2n) is 6.51. The maximum Gasteiger partial charge on any atom is 0.407 e. The number of carbonyl (C=O) groups excluding carboxylic acids is 2. The first-order valence-electron chi connectivity index (χ1n) is 9.84. The first-order valence-corrected chi connectivity index (χ1v) is 9.84. The number of hydrogen-bond acceptors (Lipinski definition) is 7. The highest BCUT2D eigenvalue weighted by Gasteiger charge is 2.28. The monoisotopic (exact) mass is 429 g/mol. The lowest BCUT2D eigenvalue weighted by Crippen LogP contribution is -2.32. The van der Waals surface area contributed by atoms with Crippen molar-refractivity contribution in [3.63, 3.8) is 0 Å². The van der Waals surface area contributed by atoms with Crippen LogP contribution < -0.4 is 16.4 Å². The minimum absolute atomic E-state index is 0.00532. The summed E-state index contributed by atoms with van der Waals surface area (Å²) in [6.07, 6.45) is -0.620. The molecule has 0 unspecified atom stereocenters. The van der Waals surface area contributed by atoms with Crippen molar-refractivity contribution >= 4 is 18.0 Å². The van der Waals surface area contributed by atoms with Crippen molar-refractivity contribution in [2.75, 3.05) is 33.0 Å². The maximum atomic E-state index is 11.8. The number of nitrogens with two attached hydrogens (primary N) is 1. The van der Waals surface area contributed by atoms with Gasteiger partial charge in [0.1, 0.15) is 13.2 Å². The minimum atomic E-state index is -0.884. The number of esters is 1. The number of carbonyl (C=O) groups is 3. The molecule has 3 rings (SSSR count). The van der Waals surface area contributed by atoms with Crippen LogP contribution in [0.4, 0.5) is 4.79 Å². The molecule has 0 spiro atoms. The number of fused-ring (bicyclic) bond motifs is 3. The molecule has 31 heavy (non-hydrogen) atoms. The van der Waals surface area contributed by atoms with Crippen LogP contribution in [0.1, 0.15) is 24.0 Å². The third-order valence-electron chi connectivity index (χ3n) is 4.45. The smallest absolute Gasteiger partial charge is 0.407 e. The lowest BCUT2D eigenvalue weighted by molar-refractivity contribution is -0.142. The summed E-state index contributed by atoms with van der Waals surface area (Å²) >= 11 is 0. The molecular formula is C22H27N3O6. The fourth-order valence-electron chi connectivity index (χ4n) is 3.18. The van der Waals surface area contributed by atoms with Crippen molar-refractivity contribution < 1.29 is 29.0 Å². The molecule has 5 N–H and O–H groups in total. The molecule has 1 aliphatic rings. The fourth-order valence-corrected chi connectivity index (χ4v) is 3.18. The van der Waals surface area contributed by atoms with Gasteiger partial charge in [-0.25, -0.2) is 4.79 Å². The Kier molecular flexibility index (Phi) is 9.47. The van der Waals surface area contributed by atoms with Gasteiger partial charge in [0.25, 0.3) is 0 Å². The number of carboxylic acid groups (broad SMARTS) is 1. The topological polar surface area (TPSA) is 140 Å². The van der Waals surface area contributed by atoms with Crippen LogP contribution in [0.15, 0.2) is 48.5 Å². The number of amides is 1. The predicted molar refractivity (Wildman–Crippen MR) is 114 cm³/mol. The van der Waals surface area contributed by atoms with Gasteiger partial charge in [-0.3, -0.25) is 14.9 Å². The normalized spacial score (nSPS) is 11.4. The molecule has 1 amide bonds. The molecule has 9 heteroatoms. The van der Waals surface area contributed by atoms with E-state index in [0.717, 1.165) is 11.1 Å². The van der Waals surface area contributed by atoms with Gasteiger partial charge in [0, 0.05) is 12.6 Å². The van der Waals surface area contributed by atoms with Crippen LogP contribution in [0.3, 0.4) is 0 Å². The van der Waals surface area contributed by atoms with E-state index in [2.05, 4.69) is 34.9 Å². The first kappa shape index (κ1) is 23.8. The van der Waals surface area contributed by atoms with E-state index in [-0.39, 0.29) is 38.9 Å². The van der Waals surface area contributed by atoms with Crippen molar-refractivity contribution in [1.29, 1.82) is 0 Å². The van der Waals surface area contributed by atoms with E-state index in [1.54, 1.807) is 6.92 Å². The number of aliphatic carboxylic acids is 1. The van der Waals surface area contributed by atoms with E-state index in [1.165, 1.54) is 11.1 Å². The number of ether oxygens (including phenoxy) is 2. The summed E-state index contributed by atoms with van der Waals surface area (Å²) in [5, 5.41) is 12.8. The Labute approximate surface area is 180 Å². The summed E-state index contributed by atoms with van der Waals surface area (Å²) in [4.78, 5) is 32.7. The Morgan fingerprint density at radius 2 is 1.55 bits per heavy atom. The average Bonchev–Trinajstić information content (AvgIpc) is 3.09. The van der Waals surface area contributed by atoms with Crippen molar-refractivity contribution in [2.45, 2.75) is 12.8 Å². The molecule has 166 valence electrons. The van der Waals surface area contributed by atoms with Gasteiger partial charge in [0.05, 0.1) is 13.2 Å². The van der Waals surface area contributed by atoms with Crippen molar-refractivity contribution in [3.8, 4) is 11.1 Å². The molecule has 0 aliphatic heterocycles. The molecule has 0 radical (unpaired) electrons. The van der Waals surface area contributed by atoms with Crippen LogP contribution in [0.5, 0.6) is 0 Å². The molecule has 0 bridgehead atoms. The van der Waals surface area contributed by atoms with E-state index < -0.39 is 18.0 Å². The molecule has 0 fully saturated rings. The highest BCUT2D eigenvalue weighted by Crippen LogP contribution is 2.44. The Morgan fingerprint density at radius 1 is 0.968 bits per heavy atom. The zero-order valence-electron chi connectivity index (χ0n) is 17.3. The predicted octanol–water partition coefficient (Wildman–Crippen LogP) is 1.67. The summed E-state index contributed by atoms with van der Waals surface area (Å²) in [6.45, 7) is 2.19. The van der Waals surface area contributed by atoms with Crippen molar-refractivity contribution in [1.82, 2.24) is 10.6 Å². The quantitative estimate of drug-likeness (QED) is 0.367. The standard InChI is InChI=1S/C19H19NO4.C3H8N2O2/c1-2-23-18(21)11-20-19(22)24-12-17-15-9-5-3-7-13(15)14-8-4-6-10-16(14)17;4-2-5-1-3(6)7/h3-10,17H,2,11-12H2,1H3,(H,20,22);5H,1-2,4H2,(H,6,7). The zero-order chi connectivity index (χ0) is 22.6. The third kappa shape index (κ3) is 7.09. The zero-order valence-corrected chi connectivity index (χ0v) is 17.3. The van der Waals surface area contributed by atoms with Crippen LogP contribution in [-0.4, -0.2) is 56.1 Å². The fraction of sp³-hybridized carbons (Fsp3) is 0.318. The highest BCUT2D eigenvalue weighted by atomic mass is 16.6. The van der Waals surface area contributed by atoms with Crippen molar-refractivity contribution in [2.24, 2.45) is 5.73 Å². The van der Waals surface area contributed by atoms with Gasteiger partial charge in [0.2, 0.25) is 0 Å². The van der Waals surface area contributed by atoms with Crippen LogP contribution in [-0.2, 0) is 19.1 Å². The van der Waals surface area contributed by atoms with Gasteiger partial charge in [-0.1, -0.05) is 48.5 Å². The molecule has 9 nitrogen and oxygen atoms in total. The summed E-state index contributed by atoms with van der Waals surface area (Å²) in [5.74, 6) is -1.36. The molecule has 1 aliphatic carbocycles. The third-order valence-corrected chi connectivity index (χ3v) is 4.45. The summed E-state index contributed by atoms with van der Waals surface area (Å²) in [6, 6.07) is 16.2. The SMILES string of the molecule is CCOC(=O)CNC(=O)OCC1c2ccccc2-c2ccccc21.NCNCC(=O)O. The van der Waals surface area contributed by atoms with E-state index in [1.807, 2.05) is 24.3 Å². The van der Waals surface area contributed by atoms with E-state index >= 15 is 0 Å². The van der Waals surface area contributed by atoms with Crippen LogP contribution in [0.25, 0.3) is 11.1 Å². The molecule has 0 atom stereocenters. The molecule has 2 aromatic rings. The van der Waals surface area contributed by atoms with Crippen LogP contribution >= 0.6 is 0 Å². The highest BCUT2D eigenvalue weighted by molar-refractivity contribution is 5.80. The van der Waals surface area contributed by atoms with Gasteiger partial charge in [-0.2, -0.15) is 0 Å². The first-order chi connectivity index (χ1) is 15.0. The van der Waals surface area contributed by atoms with Crippen LogP contribution in [0.2, 0.25) is 0 Å². The van der Waals surface area contributed by atoms with Gasteiger partial charge in [-0.05, 0) is 29.2 Å². The van der Waals surface area contributed by atoms with Crippen LogP contribution in [0, 0.1) is 0 Å². The lowest BCUT2D eigenvalue weighted by atomic mass is 9.98. The molecule has 0 heterocycles. The largest absolute Gasteiger partial charge is 0.480 e. The van der Waals surface area contributed by atoms with Crippen molar-refractivity contribution in [3.05, 3.63) is 59.7 Å². The summed E-state index contributed by atoms with van der Waals surface area (Å²) in [7, 11) is 0. The minimum Gasteiger partial charge on any atom is -0.480 e. The van der Waals surface area contributed by atoms with Gasteiger partial charge in [-0.15, -0.1) is 0 Å². The van der Waals surface area contributed by atoms with Gasteiger partial charge in [0.15, 0.2) is 0 Å². The Balaban J connectivity index is 0.000000423. The second kappa shape index (κ2) is 12.3. The number of benzene rings is 2. The number of rotatable bonds is 8. The number of nitrogens with one attached hydrogen (secondary N) is 2. The average molecular weight is 429 g/mol. The molecule has 2 aromatic carbocycles. The summed E-state index contributed by atoms with van der Waals surface area (Å²) < 4.78 is 10.1. The number of alkyl carbamates (subject to hydrolysis) is 1. The van der Waals surface area contributed by atoms with Gasteiger partial charge < -0.3 is 25.6 Å². The summed E-state index contributed by atoms with van der Waals surface area (Å²) in [5.41, 5.74) is 9.55. The molecule has 0 saturated heterocycles. The van der Waals surface area contributed by atoms with E-state index in [9.17, 15) is 14.4 Å². The van der Waals surface area contributed by atoms with E-state index in [0.29, 0.717) is 0 Å². The number of hydrogen-bond donors (Lipinski definition) is 4. The number of carboxylic acids is 1. The Hall–Kier alpha value is -3.43. The molecule has 0 aromatic heterocycles. The molecule has 0 saturated carbocycles.